The van der Waals surface area contributed by atoms with E-state index < -0.39 is 29.0 Å². The molecule has 0 fully saturated rings. The van der Waals surface area contributed by atoms with E-state index in [1.54, 1.807) is 13.0 Å². The van der Waals surface area contributed by atoms with Crippen LogP contribution in [0.25, 0.3) is 0 Å². The molecule has 6 heteroatoms. The van der Waals surface area contributed by atoms with Gasteiger partial charge in [0.05, 0.1) is 5.56 Å². The molecule has 0 saturated carbocycles. The maximum Gasteiger partial charge on any atom is 0.330 e. The van der Waals surface area contributed by atoms with Crippen molar-refractivity contribution in [2.45, 2.75) is 26.7 Å². The maximum absolute atomic E-state index is 12.0. The van der Waals surface area contributed by atoms with Crippen LogP contribution < -0.4 is 0 Å². The van der Waals surface area contributed by atoms with Gasteiger partial charge in [0, 0.05) is 11.6 Å². The zero-order chi connectivity index (χ0) is 16.9. The van der Waals surface area contributed by atoms with Crippen LogP contribution in [-0.2, 0) is 4.79 Å². The first kappa shape index (κ1) is 17.3. The van der Waals surface area contributed by atoms with E-state index in [1.165, 1.54) is 13.0 Å². The number of phenolic OH excluding ortho intramolecular Hbond substituents is 3. The second-order valence-electron chi connectivity index (χ2n) is 4.94. The monoisotopic (exact) mass is 306 g/mol. The van der Waals surface area contributed by atoms with Crippen LogP contribution in [0.5, 0.6) is 17.2 Å². The fourth-order valence-electron chi connectivity index (χ4n) is 1.74. The number of aromatic hydroxyl groups is 3. The van der Waals surface area contributed by atoms with Crippen LogP contribution in [0.1, 0.15) is 37.0 Å². The number of carbonyl (C=O) groups excluding carboxylic acids is 1. The highest BCUT2D eigenvalue weighted by atomic mass is 16.4. The number of allylic oxidation sites excluding steroid dienone is 3. The van der Waals surface area contributed by atoms with Crippen LogP contribution in [0.15, 0.2) is 35.4 Å². The Bertz CT molecular complexity index is 655. The molecular weight excluding hydrogens is 288 g/mol. The minimum absolute atomic E-state index is 0.119. The normalized spacial score (nSPS) is 12.3. The molecule has 0 aromatic heterocycles. The summed E-state index contributed by atoms with van der Waals surface area (Å²) in [5.74, 6) is -2.92. The van der Waals surface area contributed by atoms with Crippen LogP contribution in [0.4, 0.5) is 0 Å². The summed E-state index contributed by atoms with van der Waals surface area (Å²) in [6, 6.07) is 1.88. The molecular formula is C16H18O6. The fourth-order valence-corrected chi connectivity index (χ4v) is 1.74. The molecule has 0 saturated heterocycles. The number of benzene rings is 1. The molecule has 1 aromatic carbocycles. The molecule has 118 valence electrons. The third-order valence-electron chi connectivity index (χ3n) is 3.06. The first-order chi connectivity index (χ1) is 10.2. The average molecular weight is 306 g/mol. The van der Waals surface area contributed by atoms with Gasteiger partial charge >= 0.3 is 5.97 Å². The lowest BCUT2D eigenvalue weighted by atomic mass is 10.0. The van der Waals surface area contributed by atoms with Gasteiger partial charge in [0.25, 0.3) is 0 Å². The number of carboxylic acid groups (broad SMARTS) is 1. The average Bonchev–Trinajstić information content (AvgIpc) is 2.42. The summed E-state index contributed by atoms with van der Waals surface area (Å²) < 4.78 is 0. The van der Waals surface area contributed by atoms with Crippen molar-refractivity contribution in [3.05, 3.63) is 41.0 Å². The van der Waals surface area contributed by atoms with Gasteiger partial charge in [-0.15, -0.1) is 0 Å². The van der Waals surface area contributed by atoms with Gasteiger partial charge in [0.15, 0.2) is 17.3 Å². The van der Waals surface area contributed by atoms with Crippen molar-refractivity contribution in [3.63, 3.8) is 0 Å². The molecule has 0 spiro atoms. The van der Waals surface area contributed by atoms with Crippen molar-refractivity contribution in [1.82, 2.24) is 0 Å². The molecule has 6 nitrogen and oxygen atoms in total. The molecule has 0 aliphatic heterocycles. The molecule has 0 bridgehead atoms. The Balaban J connectivity index is 2.80. The number of carbonyl (C=O) groups is 2. The molecule has 1 aromatic rings. The molecule has 0 radical (unpaired) electrons. The number of hydrogen-bond donors (Lipinski definition) is 4. The quantitative estimate of drug-likeness (QED) is 0.278. The fraction of sp³-hybridized carbons (Fsp3) is 0.250. The Hall–Kier alpha value is -2.76. The predicted octanol–water partition coefficient (Wildman–Crippen LogP) is 2.74. The van der Waals surface area contributed by atoms with E-state index in [0.29, 0.717) is 18.4 Å². The molecule has 0 atom stereocenters. The van der Waals surface area contributed by atoms with E-state index in [4.69, 9.17) is 5.11 Å². The van der Waals surface area contributed by atoms with Crippen molar-refractivity contribution in [3.8, 4) is 17.2 Å². The van der Waals surface area contributed by atoms with Crippen LogP contribution in [-0.4, -0.2) is 32.2 Å². The number of phenols is 3. The number of rotatable bonds is 6. The summed E-state index contributed by atoms with van der Waals surface area (Å²) in [5, 5.41) is 36.9. The van der Waals surface area contributed by atoms with Crippen molar-refractivity contribution in [2.24, 2.45) is 0 Å². The van der Waals surface area contributed by atoms with Crippen molar-refractivity contribution in [2.75, 3.05) is 0 Å². The van der Waals surface area contributed by atoms with Crippen LogP contribution in [0, 0.1) is 0 Å². The third kappa shape index (κ3) is 4.66. The van der Waals surface area contributed by atoms with Crippen molar-refractivity contribution in [1.29, 1.82) is 0 Å². The highest BCUT2D eigenvalue weighted by Crippen LogP contribution is 2.32. The lowest BCUT2D eigenvalue weighted by Gasteiger charge is -2.05. The van der Waals surface area contributed by atoms with Gasteiger partial charge in [0.1, 0.15) is 5.75 Å². The number of aliphatic carboxylic acids is 1. The largest absolute Gasteiger partial charge is 0.507 e. The smallest absolute Gasteiger partial charge is 0.330 e. The van der Waals surface area contributed by atoms with E-state index >= 15 is 0 Å². The molecule has 0 amide bonds. The van der Waals surface area contributed by atoms with Crippen molar-refractivity contribution >= 4 is 11.8 Å². The first-order valence-corrected chi connectivity index (χ1v) is 6.59. The van der Waals surface area contributed by atoms with E-state index in [0.717, 1.165) is 12.1 Å². The molecule has 0 heterocycles. The highest BCUT2D eigenvalue weighted by molar-refractivity contribution is 6.07. The molecule has 0 aliphatic carbocycles. The van der Waals surface area contributed by atoms with E-state index in [9.17, 15) is 24.9 Å². The molecule has 0 aliphatic rings. The summed E-state index contributed by atoms with van der Waals surface area (Å²) in [7, 11) is 0. The van der Waals surface area contributed by atoms with E-state index in [2.05, 4.69) is 0 Å². The van der Waals surface area contributed by atoms with Gasteiger partial charge in [-0.3, -0.25) is 4.79 Å². The predicted molar refractivity (Wildman–Crippen MR) is 80.2 cm³/mol. The lowest BCUT2D eigenvalue weighted by molar-refractivity contribution is -0.132. The van der Waals surface area contributed by atoms with Crippen LogP contribution in [0.2, 0.25) is 0 Å². The topological polar surface area (TPSA) is 115 Å². The summed E-state index contributed by atoms with van der Waals surface area (Å²) >= 11 is 0. The second-order valence-corrected chi connectivity index (χ2v) is 4.94. The van der Waals surface area contributed by atoms with Crippen LogP contribution >= 0.6 is 0 Å². The number of hydrogen-bond acceptors (Lipinski definition) is 5. The van der Waals surface area contributed by atoms with Gasteiger partial charge in [0.2, 0.25) is 0 Å². The minimum atomic E-state index is -0.984. The molecule has 22 heavy (non-hydrogen) atoms. The van der Waals surface area contributed by atoms with Crippen LogP contribution in [0.3, 0.4) is 0 Å². The van der Waals surface area contributed by atoms with E-state index in [1.807, 2.05) is 0 Å². The zero-order valence-corrected chi connectivity index (χ0v) is 12.3. The molecule has 4 N–H and O–H groups in total. The Morgan fingerprint density at radius 3 is 2.23 bits per heavy atom. The molecule has 0 unspecified atom stereocenters. The van der Waals surface area contributed by atoms with E-state index in [-0.39, 0.29) is 11.1 Å². The maximum atomic E-state index is 12.0. The standard InChI is InChI=1S/C16H18O6/c1-9(4-3-5-10(2)16(21)22)6-12(17)11-7-14(19)15(20)8-13(11)18/h5-8,18-20H,3-4H2,1-2H3,(H,21,22)/b9-6+,10-5-. The Kier molecular flexibility index (Phi) is 5.74. The SMILES string of the molecule is C/C(=C/CC/C(C)=C/C(=O)c1cc(O)c(O)cc1O)C(=O)O. The highest BCUT2D eigenvalue weighted by Gasteiger charge is 2.13. The summed E-state index contributed by atoms with van der Waals surface area (Å²) in [6.45, 7) is 3.20. The summed E-state index contributed by atoms with van der Waals surface area (Å²) in [4.78, 5) is 22.6. The van der Waals surface area contributed by atoms with Gasteiger partial charge < -0.3 is 20.4 Å². The second kappa shape index (κ2) is 7.31. The number of ketones is 1. The minimum Gasteiger partial charge on any atom is -0.507 e. The van der Waals surface area contributed by atoms with Gasteiger partial charge in [-0.1, -0.05) is 11.6 Å². The Morgan fingerprint density at radius 1 is 1.05 bits per heavy atom. The van der Waals surface area contributed by atoms with Gasteiger partial charge in [-0.05, 0) is 38.8 Å². The number of carboxylic acids is 1. The molecule has 1 rings (SSSR count). The van der Waals surface area contributed by atoms with Gasteiger partial charge in [-0.25, -0.2) is 4.79 Å². The zero-order valence-electron chi connectivity index (χ0n) is 12.3. The Morgan fingerprint density at radius 2 is 1.64 bits per heavy atom. The van der Waals surface area contributed by atoms with Crippen molar-refractivity contribution < 1.29 is 30.0 Å². The third-order valence-corrected chi connectivity index (χ3v) is 3.06. The first-order valence-electron chi connectivity index (χ1n) is 6.59. The lowest BCUT2D eigenvalue weighted by Crippen LogP contribution is -1.97. The van der Waals surface area contributed by atoms with Gasteiger partial charge in [-0.2, -0.15) is 0 Å². The Labute approximate surface area is 127 Å². The summed E-state index contributed by atoms with van der Waals surface area (Å²) in [6.07, 6.45) is 3.82. The summed E-state index contributed by atoms with van der Waals surface area (Å²) in [5.41, 5.74) is 0.818.